The highest BCUT2D eigenvalue weighted by Crippen LogP contribution is 2.42. The summed E-state index contributed by atoms with van der Waals surface area (Å²) in [5.41, 5.74) is 7.31. The number of thiazole rings is 1. The minimum Gasteiger partial charge on any atom is -0.418 e. The van der Waals surface area contributed by atoms with Crippen molar-refractivity contribution < 1.29 is 4.42 Å². The van der Waals surface area contributed by atoms with E-state index >= 15 is 0 Å². The number of aromatic nitrogens is 3. The second-order valence-electron chi connectivity index (χ2n) is 3.43. The highest BCUT2D eigenvalue weighted by Gasteiger charge is 2.45. The molecule has 14 heavy (non-hydrogen) atoms. The molecule has 0 saturated heterocycles. The van der Waals surface area contributed by atoms with Crippen molar-refractivity contribution in [1.82, 2.24) is 15.2 Å². The second-order valence-corrected chi connectivity index (χ2v) is 4.32. The van der Waals surface area contributed by atoms with Gasteiger partial charge in [0.25, 0.3) is 5.89 Å². The van der Waals surface area contributed by atoms with E-state index in [-0.39, 0.29) is 5.54 Å². The lowest BCUT2D eigenvalue weighted by molar-refractivity contribution is 0.449. The second kappa shape index (κ2) is 2.61. The summed E-state index contributed by atoms with van der Waals surface area (Å²) in [4.78, 5) is 4.83. The average Bonchev–Trinajstić information content (AvgIpc) is 2.73. The van der Waals surface area contributed by atoms with Gasteiger partial charge in [-0.05, 0) is 12.8 Å². The zero-order chi connectivity index (χ0) is 9.60. The Hall–Kier alpha value is -1.27. The summed E-state index contributed by atoms with van der Waals surface area (Å²) in [6, 6.07) is 0. The summed E-state index contributed by atoms with van der Waals surface area (Å²) >= 11 is 1.47. The maximum Gasteiger partial charge on any atom is 0.259 e. The summed E-state index contributed by atoms with van der Waals surface area (Å²) in [6.45, 7) is 0. The molecule has 0 aliphatic heterocycles. The standard InChI is InChI=1S/C8H8N4OS/c9-8(1-2-8)7-12-11-6(13-7)5-3-10-4-14-5/h3-4H,1-2,9H2. The van der Waals surface area contributed by atoms with Crippen molar-refractivity contribution in [2.75, 3.05) is 0 Å². The number of hydrogen-bond acceptors (Lipinski definition) is 6. The maximum absolute atomic E-state index is 5.93. The lowest BCUT2D eigenvalue weighted by atomic mass is 10.3. The van der Waals surface area contributed by atoms with Gasteiger partial charge in [-0.2, -0.15) is 0 Å². The lowest BCUT2D eigenvalue weighted by Gasteiger charge is -1.98. The Labute approximate surface area is 84.0 Å². The number of nitrogens with zero attached hydrogens (tertiary/aromatic N) is 3. The first kappa shape index (κ1) is 8.07. The zero-order valence-electron chi connectivity index (χ0n) is 7.30. The normalized spacial score (nSPS) is 18.4. The predicted molar refractivity (Wildman–Crippen MR) is 50.5 cm³/mol. The van der Waals surface area contributed by atoms with E-state index in [2.05, 4.69) is 15.2 Å². The van der Waals surface area contributed by atoms with Crippen LogP contribution in [0.25, 0.3) is 10.8 Å². The van der Waals surface area contributed by atoms with Crippen LogP contribution in [0.15, 0.2) is 16.1 Å². The third kappa shape index (κ3) is 1.15. The van der Waals surface area contributed by atoms with Crippen LogP contribution in [0.3, 0.4) is 0 Å². The van der Waals surface area contributed by atoms with Crippen LogP contribution in [0.5, 0.6) is 0 Å². The van der Waals surface area contributed by atoms with Gasteiger partial charge in [-0.15, -0.1) is 21.5 Å². The van der Waals surface area contributed by atoms with E-state index in [0.29, 0.717) is 11.8 Å². The molecular formula is C8H8N4OS. The van der Waals surface area contributed by atoms with Crippen LogP contribution in [0.1, 0.15) is 18.7 Å². The molecule has 0 amide bonds. The smallest absolute Gasteiger partial charge is 0.259 e. The largest absolute Gasteiger partial charge is 0.418 e. The van der Waals surface area contributed by atoms with Crippen molar-refractivity contribution in [2.45, 2.75) is 18.4 Å². The molecule has 6 heteroatoms. The molecule has 0 atom stereocenters. The van der Waals surface area contributed by atoms with Crippen LogP contribution in [0.2, 0.25) is 0 Å². The highest BCUT2D eigenvalue weighted by atomic mass is 32.1. The van der Waals surface area contributed by atoms with E-state index < -0.39 is 0 Å². The summed E-state index contributed by atoms with van der Waals surface area (Å²) in [5, 5.41) is 7.88. The Morgan fingerprint density at radius 2 is 2.29 bits per heavy atom. The van der Waals surface area contributed by atoms with E-state index in [4.69, 9.17) is 10.2 Å². The fourth-order valence-corrected chi connectivity index (χ4v) is 1.73. The van der Waals surface area contributed by atoms with Gasteiger partial charge in [-0.1, -0.05) is 0 Å². The SMILES string of the molecule is NC1(c2nnc(-c3cncs3)o2)CC1. The third-order valence-corrected chi connectivity index (χ3v) is 3.04. The zero-order valence-corrected chi connectivity index (χ0v) is 8.12. The summed E-state index contributed by atoms with van der Waals surface area (Å²) < 4.78 is 5.48. The van der Waals surface area contributed by atoms with Gasteiger partial charge in [0.2, 0.25) is 5.89 Å². The minimum absolute atomic E-state index is 0.351. The molecule has 2 aromatic heterocycles. The van der Waals surface area contributed by atoms with Gasteiger partial charge in [0.1, 0.15) is 4.88 Å². The van der Waals surface area contributed by atoms with Gasteiger partial charge in [-0.3, -0.25) is 4.98 Å². The maximum atomic E-state index is 5.93. The molecular weight excluding hydrogens is 200 g/mol. The Morgan fingerprint density at radius 3 is 2.93 bits per heavy atom. The Kier molecular flexibility index (Phi) is 1.51. The fraction of sp³-hybridized carbons (Fsp3) is 0.375. The Balaban J connectivity index is 1.98. The Bertz CT molecular complexity index is 446. The van der Waals surface area contributed by atoms with Gasteiger partial charge in [0, 0.05) is 0 Å². The molecule has 0 bridgehead atoms. The molecule has 0 aromatic carbocycles. The van der Waals surface area contributed by atoms with Crippen molar-refractivity contribution in [3.8, 4) is 10.8 Å². The topological polar surface area (TPSA) is 77.8 Å². The van der Waals surface area contributed by atoms with E-state index in [9.17, 15) is 0 Å². The summed E-state index contributed by atoms with van der Waals surface area (Å²) in [7, 11) is 0. The molecule has 1 aliphatic carbocycles. The first-order chi connectivity index (χ1) is 6.78. The van der Waals surface area contributed by atoms with Gasteiger partial charge in [0.15, 0.2) is 0 Å². The molecule has 0 unspecified atom stereocenters. The number of hydrogen-bond donors (Lipinski definition) is 1. The number of nitrogens with two attached hydrogens (primary N) is 1. The average molecular weight is 208 g/mol. The molecule has 3 rings (SSSR count). The van der Waals surface area contributed by atoms with E-state index in [1.54, 1.807) is 11.7 Å². The van der Waals surface area contributed by atoms with E-state index in [1.807, 2.05) is 0 Å². The molecule has 1 fully saturated rings. The molecule has 0 spiro atoms. The molecule has 2 heterocycles. The van der Waals surface area contributed by atoms with Crippen LogP contribution in [0.4, 0.5) is 0 Å². The summed E-state index contributed by atoms with van der Waals surface area (Å²) in [6.07, 6.45) is 3.56. The van der Waals surface area contributed by atoms with Crippen LogP contribution >= 0.6 is 11.3 Å². The summed E-state index contributed by atoms with van der Waals surface area (Å²) in [5.74, 6) is 1.06. The molecule has 2 N–H and O–H groups in total. The highest BCUT2D eigenvalue weighted by molar-refractivity contribution is 7.13. The van der Waals surface area contributed by atoms with Crippen molar-refractivity contribution in [3.05, 3.63) is 17.6 Å². The van der Waals surface area contributed by atoms with Crippen molar-refractivity contribution in [2.24, 2.45) is 5.73 Å². The fourth-order valence-electron chi connectivity index (χ4n) is 1.19. The van der Waals surface area contributed by atoms with Crippen molar-refractivity contribution >= 4 is 11.3 Å². The number of rotatable bonds is 2. The van der Waals surface area contributed by atoms with Gasteiger partial charge >= 0.3 is 0 Å². The van der Waals surface area contributed by atoms with E-state index in [1.165, 1.54) is 11.3 Å². The van der Waals surface area contributed by atoms with Crippen LogP contribution in [-0.4, -0.2) is 15.2 Å². The third-order valence-electron chi connectivity index (χ3n) is 2.28. The lowest BCUT2D eigenvalue weighted by Crippen LogP contribution is -2.18. The minimum atomic E-state index is -0.351. The van der Waals surface area contributed by atoms with E-state index in [0.717, 1.165) is 17.7 Å². The van der Waals surface area contributed by atoms with Gasteiger partial charge < -0.3 is 10.2 Å². The quantitative estimate of drug-likeness (QED) is 0.800. The van der Waals surface area contributed by atoms with Gasteiger partial charge in [0.05, 0.1) is 17.2 Å². The van der Waals surface area contributed by atoms with Crippen LogP contribution < -0.4 is 5.73 Å². The van der Waals surface area contributed by atoms with Crippen molar-refractivity contribution in [1.29, 1.82) is 0 Å². The molecule has 72 valence electrons. The first-order valence-corrected chi connectivity index (χ1v) is 5.18. The first-order valence-electron chi connectivity index (χ1n) is 4.30. The molecule has 0 radical (unpaired) electrons. The Morgan fingerprint density at radius 1 is 1.43 bits per heavy atom. The van der Waals surface area contributed by atoms with Crippen LogP contribution in [0, 0.1) is 0 Å². The monoisotopic (exact) mass is 208 g/mol. The van der Waals surface area contributed by atoms with Crippen molar-refractivity contribution in [3.63, 3.8) is 0 Å². The molecule has 1 saturated carbocycles. The molecule has 2 aromatic rings. The molecule has 5 nitrogen and oxygen atoms in total. The van der Waals surface area contributed by atoms with Gasteiger partial charge in [-0.25, -0.2) is 0 Å². The predicted octanol–water partition coefficient (Wildman–Crippen LogP) is 1.14. The van der Waals surface area contributed by atoms with Crippen LogP contribution in [-0.2, 0) is 5.54 Å². The molecule has 1 aliphatic rings.